The minimum absolute atomic E-state index is 0.0249. The highest BCUT2D eigenvalue weighted by Crippen LogP contribution is 2.28. The highest BCUT2D eigenvalue weighted by atomic mass is 32.2. The first-order valence-corrected chi connectivity index (χ1v) is 8.25. The van der Waals surface area contributed by atoms with Crippen LogP contribution >= 0.6 is 0 Å². The lowest BCUT2D eigenvalue weighted by molar-refractivity contribution is 0.101. The molecule has 0 radical (unpaired) electrons. The number of Topliss-reactive ketones (excluding diaryl/α,β-unsaturated/α-hetero) is 1. The molecule has 2 aromatic rings. The van der Waals surface area contributed by atoms with Gasteiger partial charge in [0.2, 0.25) is 0 Å². The van der Waals surface area contributed by atoms with E-state index in [1.165, 1.54) is 31.2 Å². The van der Waals surface area contributed by atoms with E-state index in [0.29, 0.717) is 11.3 Å². The standard InChI is InChI=1S/C17H18O4S/c1-11-9-12(2)17(13(3)10-11)21-22(19,20)16-7-5-15(6-8-16)14(4)18/h5-10H,1-4H3. The van der Waals surface area contributed by atoms with Gasteiger partial charge in [-0.25, -0.2) is 0 Å². The molecular formula is C17H18O4S. The second-order valence-corrected chi connectivity index (χ2v) is 6.89. The van der Waals surface area contributed by atoms with Gasteiger partial charge in [-0.05, 0) is 51.0 Å². The van der Waals surface area contributed by atoms with E-state index < -0.39 is 10.1 Å². The monoisotopic (exact) mass is 318 g/mol. The van der Waals surface area contributed by atoms with Crippen LogP contribution in [0.4, 0.5) is 0 Å². The van der Waals surface area contributed by atoms with Crippen molar-refractivity contribution in [3.63, 3.8) is 0 Å². The van der Waals surface area contributed by atoms with Crippen molar-refractivity contribution in [2.24, 2.45) is 0 Å². The Labute approximate surface area is 130 Å². The van der Waals surface area contributed by atoms with E-state index in [4.69, 9.17) is 4.18 Å². The molecule has 0 heterocycles. The van der Waals surface area contributed by atoms with Gasteiger partial charge in [0.15, 0.2) is 5.78 Å². The van der Waals surface area contributed by atoms with Crippen LogP contribution < -0.4 is 4.18 Å². The number of ketones is 1. The summed E-state index contributed by atoms with van der Waals surface area (Å²) in [5.74, 6) is 0.233. The molecule has 0 bridgehead atoms. The molecular weight excluding hydrogens is 300 g/mol. The molecule has 5 heteroatoms. The first-order valence-electron chi connectivity index (χ1n) is 6.84. The van der Waals surface area contributed by atoms with Gasteiger partial charge in [0.05, 0.1) is 0 Å². The van der Waals surface area contributed by atoms with Gasteiger partial charge in [-0.1, -0.05) is 29.8 Å². The highest BCUT2D eigenvalue weighted by molar-refractivity contribution is 7.87. The van der Waals surface area contributed by atoms with Gasteiger partial charge < -0.3 is 4.18 Å². The maximum atomic E-state index is 12.4. The molecule has 0 unspecified atom stereocenters. The molecule has 22 heavy (non-hydrogen) atoms. The zero-order valence-corrected chi connectivity index (χ0v) is 13.8. The van der Waals surface area contributed by atoms with Crippen LogP contribution in [-0.2, 0) is 10.1 Å². The van der Waals surface area contributed by atoms with Crippen LogP contribution in [0.5, 0.6) is 5.75 Å². The zero-order valence-electron chi connectivity index (χ0n) is 13.0. The van der Waals surface area contributed by atoms with Crippen LogP contribution in [0, 0.1) is 20.8 Å². The van der Waals surface area contributed by atoms with Crippen molar-refractivity contribution in [2.45, 2.75) is 32.6 Å². The Morgan fingerprint density at radius 3 is 1.91 bits per heavy atom. The Balaban J connectivity index is 2.38. The Morgan fingerprint density at radius 2 is 1.45 bits per heavy atom. The second kappa shape index (κ2) is 5.93. The average molecular weight is 318 g/mol. The SMILES string of the molecule is CC(=O)c1ccc(S(=O)(=O)Oc2c(C)cc(C)cc2C)cc1. The topological polar surface area (TPSA) is 60.4 Å². The van der Waals surface area contributed by atoms with E-state index in [1.54, 1.807) is 0 Å². The van der Waals surface area contributed by atoms with Gasteiger partial charge >= 0.3 is 10.1 Å². The third kappa shape index (κ3) is 3.36. The maximum Gasteiger partial charge on any atom is 0.339 e. The molecule has 0 N–H and O–H groups in total. The molecule has 0 saturated carbocycles. The van der Waals surface area contributed by atoms with Crippen LogP contribution in [-0.4, -0.2) is 14.2 Å². The fourth-order valence-electron chi connectivity index (χ4n) is 2.31. The summed E-state index contributed by atoms with van der Waals surface area (Å²) < 4.78 is 30.0. The number of aryl methyl sites for hydroxylation is 3. The Bertz CT molecular complexity index is 795. The number of hydrogen-bond donors (Lipinski definition) is 0. The van der Waals surface area contributed by atoms with Crippen molar-refractivity contribution >= 4 is 15.9 Å². The summed E-state index contributed by atoms with van der Waals surface area (Å²) in [4.78, 5) is 11.3. The first-order chi connectivity index (χ1) is 10.2. The summed E-state index contributed by atoms with van der Waals surface area (Å²) in [6, 6.07) is 9.46. The van der Waals surface area contributed by atoms with E-state index in [1.807, 2.05) is 32.9 Å². The lowest BCUT2D eigenvalue weighted by Crippen LogP contribution is -2.11. The lowest BCUT2D eigenvalue weighted by atomic mass is 10.1. The molecule has 0 spiro atoms. The van der Waals surface area contributed by atoms with Crippen molar-refractivity contribution in [3.8, 4) is 5.75 Å². The van der Waals surface area contributed by atoms with E-state index in [9.17, 15) is 13.2 Å². The summed E-state index contributed by atoms with van der Waals surface area (Å²) in [6.45, 7) is 6.99. The third-order valence-corrected chi connectivity index (χ3v) is 4.58. The predicted molar refractivity (Wildman–Crippen MR) is 84.9 cm³/mol. The average Bonchev–Trinajstić information content (AvgIpc) is 2.43. The van der Waals surface area contributed by atoms with Crippen LogP contribution in [0.15, 0.2) is 41.3 Å². The van der Waals surface area contributed by atoms with Crippen LogP contribution in [0.1, 0.15) is 34.0 Å². The van der Waals surface area contributed by atoms with Crippen molar-refractivity contribution in [1.82, 2.24) is 0 Å². The molecule has 116 valence electrons. The zero-order chi connectivity index (χ0) is 16.5. The molecule has 4 nitrogen and oxygen atoms in total. The Morgan fingerprint density at radius 1 is 0.955 bits per heavy atom. The van der Waals surface area contributed by atoms with Crippen molar-refractivity contribution < 1.29 is 17.4 Å². The highest BCUT2D eigenvalue weighted by Gasteiger charge is 2.19. The Hall–Kier alpha value is -2.14. The smallest absolute Gasteiger partial charge is 0.339 e. The van der Waals surface area contributed by atoms with Gasteiger partial charge in [-0.2, -0.15) is 8.42 Å². The van der Waals surface area contributed by atoms with Gasteiger partial charge in [0, 0.05) is 5.56 Å². The molecule has 0 aromatic heterocycles. The lowest BCUT2D eigenvalue weighted by Gasteiger charge is -2.13. The minimum Gasteiger partial charge on any atom is -0.378 e. The molecule has 0 aliphatic carbocycles. The van der Waals surface area contributed by atoms with Gasteiger partial charge in [-0.15, -0.1) is 0 Å². The van der Waals surface area contributed by atoms with E-state index in [-0.39, 0.29) is 10.7 Å². The summed E-state index contributed by atoms with van der Waals surface area (Å²) in [7, 11) is -3.92. The minimum atomic E-state index is -3.92. The molecule has 0 aliphatic rings. The molecule has 2 aromatic carbocycles. The van der Waals surface area contributed by atoms with Gasteiger partial charge in [-0.3, -0.25) is 4.79 Å². The second-order valence-electron chi connectivity index (χ2n) is 5.35. The van der Waals surface area contributed by atoms with Gasteiger partial charge in [0.25, 0.3) is 0 Å². The molecule has 0 aliphatic heterocycles. The van der Waals surface area contributed by atoms with E-state index in [0.717, 1.165) is 16.7 Å². The number of carbonyl (C=O) groups is 1. The summed E-state index contributed by atoms with van der Waals surface area (Å²) in [5, 5.41) is 0. The normalized spacial score (nSPS) is 11.3. The van der Waals surface area contributed by atoms with Crippen LogP contribution in [0.2, 0.25) is 0 Å². The largest absolute Gasteiger partial charge is 0.378 e. The Kier molecular flexibility index (Phi) is 4.37. The van der Waals surface area contributed by atoms with Crippen molar-refractivity contribution in [3.05, 3.63) is 58.7 Å². The summed E-state index contributed by atoms with van der Waals surface area (Å²) >= 11 is 0. The van der Waals surface area contributed by atoms with Gasteiger partial charge in [0.1, 0.15) is 10.6 Å². The first kappa shape index (κ1) is 16.2. The van der Waals surface area contributed by atoms with Crippen molar-refractivity contribution in [2.75, 3.05) is 0 Å². The number of hydrogen-bond acceptors (Lipinski definition) is 4. The van der Waals surface area contributed by atoms with Crippen LogP contribution in [0.3, 0.4) is 0 Å². The summed E-state index contributed by atoms with van der Waals surface area (Å²) in [5.41, 5.74) is 3.04. The fourth-order valence-corrected chi connectivity index (χ4v) is 3.36. The molecule has 0 amide bonds. The van der Waals surface area contributed by atoms with Crippen molar-refractivity contribution in [1.29, 1.82) is 0 Å². The fraction of sp³-hybridized carbons (Fsp3) is 0.235. The van der Waals surface area contributed by atoms with E-state index in [2.05, 4.69) is 0 Å². The predicted octanol–water partition coefficient (Wildman–Crippen LogP) is 3.58. The molecule has 0 saturated heterocycles. The van der Waals surface area contributed by atoms with E-state index >= 15 is 0 Å². The maximum absolute atomic E-state index is 12.4. The number of benzene rings is 2. The molecule has 0 fully saturated rings. The summed E-state index contributed by atoms with van der Waals surface area (Å²) in [6.07, 6.45) is 0. The van der Waals surface area contributed by atoms with Crippen LogP contribution in [0.25, 0.3) is 0 Å². The molecule has 2 rings (SSSR count). The number of carbonyl (C=O) groups excluding carboxylic acids is 1. The quantitative estimate of drug-likeness (QED) is 0.638. The molecule has 0 atom stereocenters. The third-order valence-electron chi connectivity index (χ3n) is 3.35. The number of rotatable bonds is 4.